The van der Waals surface area contributed by atoms with Crippen molar-refractivity contribution in [2.45, 2.75) is 58.3 Å². The number of nitrogens with one attached hydrogen (secondary N) is 1. The predicted molar refractivity (Wildman–Crippen MR) is 97.3 cm³/mol. The van der Waals surface area contributed by atoms with Crippen molar-refractivity contribution in [2.75, 3.05) is 5.75 Å². The Bertz CT molecular complexity index is 716. The summed E-state index contributed by atoms with van der Waals surface area (Å²) >= 11 is 0. The van der Waals surface area contributed by atoms with E-state index in [-0.39, 0.29) is 11.2 Å². The van der Waals surface area contributed by atoms with Crippen LogP contribution < -0.4 is 4.72 Å². The topological polar surface area (TPSA) is 86.6 Å². The van der Waals surface area contributed by atoms with Crippen LogP contribution in [0.3, 0.4) is 0 Å². The summed E-state index contributed by atoms with van der Waals surface area (Å²) in [6.07, 6.45) is 0.948. The molecule has 0 spiro atoms. The number of fused-ring (bicyclic) bond motifs is 2. The fourth-order valence-electron chi connectivity index (χ4n) is 5.06. The molecule has 0 aliphatic heterocycles. The summed E-state index contributed by atoms with van der Waals surface area (Å²) in [5.41, 5.74) is -0.0772. The van der Waals surface area contributed by atoms with E-state index in [1.807, 2.05) is 18.2 Å². The number of hydrogen-bond acceptors (Lipinski definition) is 4. The lowest BCUT2D eigenvalue weighted by molar-refractivity contribution is 0.0150. The van der Waals surface area contributed by atoms with Gasteiger partial charge in [-0.1, -0.05) is 44.2 Å². The number of benzene rings is 1. The quantitative estimate of drug-likeness (QED) is 0.719. The van der Waals surface area contributed by atoms with Gasteiger partial charge >= 0.3 is 0 Å². The van der Waals surface area contributed by atoms with E-state index in [0.29, 0.717) is 12.3 Å². The lowest BCUT2D eigenvalue weighted by Crippen LogP contribution is -2.48. The third kappa shape index (κ3) is 3.14. The van der Waals surface area contributed by atoms with Gasteiger partial charge in [-0.15, -0.1) is 0 Å². The Morgan fingerprint density at radius 1 is 1.28 bits per heavy atom. The zero-order valence-corrected chi connectivity index (χ0v) is 16.0. The molecule has 4 unspecified atom stereocenters. The molecule has 140 valence electrons. The normalized spacial score (nSPS) is 33.3. The van der Waals surface area contributed by atoms with E-state index in [4.69, 9.17) is 0 Å². The van der Waals surface area contributed by atoms with Gasteiger partial charge in [0, 0.05) is 5.41 Å². The number of sulfonamides is 1. The first-order chi connectivity index (χ1) is 11.6. The SMILES string of the molecule is CC(O)C(NS(=O)(=O)C[C@@]12CCC(CC1O)C2(C)C)c1ccccc1. The van der Waals surface area contributed by atoms with Crippen molar-refractivity contribution < 1.29 is 18.6 Å². The van der Waals surface area contributed by atoms with Gasteiger partial charge in [-0.05, 0) is 43.1 Å². The molecule has 0 aromatic heterocycles. The molecule has 0 saturated heterocycles. The van der Waals surface area contributed by atoms with Crippen molar-refractivity contribution in [1.82, 2.24) is 4.72 Å². The number of rotatable bonds is 6. The van der Waals surface area contributed by atoms with Crippen molar-refractivity contribution in [3.63, 3.8) is 0 Å². The lowest BCUT2D eigenvalue weighted by atomic mass is 9.70. The zero-order valence-electron chi connectivity index (χ0n) is 15.1. The standard InChI is InChI=1S/C19H29NO4S/c1-13(21)17(14-7-5-4-6-8-14)20-25(23,24)12-19-10-9-15(11-16(19)22)18(19,2)3/h4-8,13,15-17,20-22H,9-12H2,1-3H3/t13?,15?,16?,17?,19-/m0/s1. The van der Waals surface area contributed by atoms with Gasteiger partial charge in [0.15, 0.2) is 0 Å². The summed E-state index contributed by atoms with van der Waals surface area (Å²) in [7, 11) is -3.68. The summed E-state index contributed by atoms with van der Waals surface area (Å²) in [6.45, 7) is 5.75. The highest BCUT2D eigenvalue weighted by Gasteiger charge is 2.65. The van der Waals surface area contributed by atoms with Crippen LogP contribution in [0.1, 0.15) is 51.6 Å². The second kappa shape index (κ2) is 6.34. The molecule has 5 atom stereocenters. The van der Waals surface area contributed by atoms with Gasteiger partial charge in [0.05, 0.1) is 24.0 Å². The Morgan fingerprint density at radius 3 is 2.40 bits per heavy atom. The third-order valence-corrected chi connectivity index (χ3v) is 8.29. The third-order valence-electron chi connectivity index (χ3n) is 6.78. The van der Waals surface area contributed by atoms with Gasteiger partial charge in [0.2, 0.25) is 10.0 Å². The molecule has 0 amide bonds. The minimum Gasteiger partial charge on any atom is -0.392 e. The van der Waals surface area contributed by atoms with Gasteiger partial charge in [-0.2, -0.15) is 0 Å². The number of hydrogen-bond donors (Lipinski definition) is 3. The van der Waals surface area contributed by atoms with Crippen molar-refractivity contribution in [3.05, 3.63) is 35.9 Å². The van der Waals surface area contributed by atoms with Crippen LogP contribution in [0, 0.1) is 16.7 Å². The van der Waals surface area contributed by atoms with Gasteiger partial charge in [0.25, 0.3) is 0 Å². The fourth-order valence-corrected chi connectivity index (χ4v) is 7.25. The molecule has 2 saturated carbocycles. The minimum atomic E-state index is -3.68. The van der Waals surface area contributed by atoms with Gasteiger partial charge in [-0.25, -0.2) is 13.1 Å². The van der Waals surface area contributed by atoms with Crippen molar-refractivity contribution in [3.8, 4) is 0 Å². The molecule has 1 aromatic rings. The Morgan fingerprint density at radius 2 is 1.92 bits per heavy atom. The second-order valence-electron chi connectivity index (χ2n) is 8.37. The van der Waals surface area contributed by atoms with Crippen LogP contribution in [0.15, 0.2) is 30.3 Å². The molecule has 3 N–H and O–H groups in total. The Balaban J connectivity index is 1.85. The molecule has 2 aliphatic carbocycles. The first-order valence-corrected chi connectivity index (χ1v) is 10.7. The molecule has 1 aromatic carbocycles. The second-order valence-corrected chi connectivity index (χ2v) is 10.1. The molecule has 2 aliphatic rings. The fraction of sp³-hybridized carbons (Fsp3) is 0.684. The van der Waals surface area contributed by atoms with E-state index in [2.05, 4.69) is 18.6 Å². The van der Waals surface area contributed by atoms with Gasteiger partial charge in [-0.3, -0.25) is 0 Å². The van der Waals surface area contributed by atoms with Crippen molar-refractivity contribution in [2.24, 2.45) is 16.7 Å². The first kappa shape index (κ1) is 18.8. The van der Waals surface area contributed by atoms with Crippen LogP contribution in [-0.4, -0.2) is 36.6 Å². The average Bonchev–Trinajstić information content (AvgIpc) is 2.87. The largest absolute Gasteiger partial charge is 0.392 e. The van der Waals surface area contributed by atoms with Gasteiger partial charge in [0.1, 0.15) is 0 Å². The number of aliphatic hydroxyl groups excluding tert-OH is 2. The van der Waals surface area contributed by atoms with Crippen LogP contribution in [0.4, 0.5) is 0 Å². The summed E-state index contributed by atoms with van der Waals surface area (Å²) in [4.78, 5) is 0. The van der Waals surface area contributed by atoms with E-state index < -0.39 is 33.7 Å². The molecule has 2 bridgehead atoms. The van der Waals surface area contributed by atoms with E-state index in [9.17, 15) is 18.6 Å². The van der Waals surface area contributed by atoms with E-state index in [0.717, 1.165) is 18.4 Å². The van der Waals surface area contributed by atoms with E-state index in [1.165, 1.54) is 0 Å². The Hall–Kier alpha value is -0.950. The molecule has 2 fully saturated rings. The molecule has 0 radical (unpaired) electrons. The van der Waals surface area contributed by atoms with Gasteiger partial charge < -0.3 is 10.2 Å². The first-order valence-electron chi connectivity index (χ1n) is 9.00. The molecule has 0 heterocycles. The average molecular weight is 368 g/mol. The zero-order chi connectivity index (χ0) is 18.5. The highest BCUT2D eigenvalue weighted by atomic mass is 32.2. The highest BCUT2D eigenvalue weighted by Crippen LogP contribution is 2.66. The summed E-state index contributed by atoms with van der Waals surface area (Å²) in [5, 5.41) is 20.7. The van der Waals surface area contributed by atoms with Crippen LogP contribution in [0.5, 0.6) is 0 Å². The highest BCUT2D eigenvalue weighted by molar-refractivity contribution is 7.89. The number of aliphatic hydroxyl groups is 2. The molecule has 3 rings (SSSR count). The van der Waals surface area contributed by atoms with E-state index >= 15 is 0 Å². The van der Waals surface area contributed by atoms with E-state index in [1.54, 1.807) is 19.1 Å². The van der Waals surface area contributed by atoms with Crippen molar-refractivity contribution >= 4 is 10.0 Å². The summed E-state index contributed by atoms with van der Waals surface area (Å²) in [5.74, 6) is 0.278. The van der Waals surface area contributed by atoms with Crippen LogP contribution in [0.2, 0.25) is 0 Å². The van der Waals surface area contributed by atoms with Crippen molar-refractivity contribution in [1.29, 1.82) is 0 Å². The van der Waals surface area contributed by atoms with Crippen LogP contribution in [-0.2, 0) is 10.0 Å². The summed E-state index contributed by atoms with van der Waals surface area (Å²) in [6, 6.07) is 8.41. The molecular weight excluding hydrogens is 338 g/mol. The molecule has 5 nitrogen and oxygen atoms in total. The van der Waals surface area contributed by atoms with Crippen LogP contribution >= 0.6 is 0 Å². The monoisotopic (exact) mass is 367 g/mol. The maximum Gasteiger partial charge on any atom is 0.212 e. The molecular formula is C19H29NO4S. The van der Waals surface area contributed by atoms with Crippen LogP contribution in [0.25, 0.3) is 0 Å². The molecule has 6 heteroatoms. The lowest BCUT2D eigenvalue weighted by Gasteiger charge is -2.40. The summed E-state index contributed by atoms with van der Waals surface area (Å²) < 4.78 is 28.6. The molecule has 25 heavy (non-hydrogen) atoms. The Kier molecular flexibility index (Phi) is 4.77. The Labute approximate surface area is 150 Å². The minimum absolute atomic E-state index is 0.0965. The maximum absolute atomic E-state index is 13.0. The predicted octanol–water partition coefficient (Wildman–Crippen LogP) is 2.22. The smallest absolute Gasteiger partial charge is 0.212 e. The maximum atomic E-state index is 13.0.